The molecule has 0 saturated carbocycles. The molecule has 0 bridgehead atoms. The van der Waals surface area contributed by atoms with Gasteiger partial charge in [0.25, 0.3) is 0 Å². The molecule has 1 aromatic carbocycles. The number of nitrogens with two attached hydrogens (primary N) is 1. The molecule has 0 unspecified atom stereocenters. The minimum atomic E-state index is -0.298. The number of benzene rings is 1. The fourth-order valence-corrected chi connectivity index (χ4v) is 1.46. The van der Waals surface area contributed by atoms with Crippen LogP contribution in [-0.4, -0.2) is 22.9 Å². The molecule has 0 aliphatic heterocycles. The summed E-state index contributed by atoms with van der Waals surface area (Å²) in [6, 6.07) is 6.81. The summed E-state index contributed by atoms with van der Waals surface area (Å²) in [6.45, 7) is 0. The number of ether oxygens (including phenoxy) is 1. The van der Waals surface area contributed by atoms with E-state index in [9.17, 15) is 4.79 Å². The first-order valence-electron chi connectivity index (χ1n) is 4.98. The Morgan fingerprint density at radius 1 is 1.24 bits per heavy atom. The van der Waals surface area contributed by atoms with Crippen molar-refractivity contribution in [3.05, 3.63) is 47.9 Å². The number of carbonyl (C=O) groups excluding carboxylic acids is 1. The van der Waals surface area contributed by atoms with Crippen molar-refractivity contribution < 1.29 is 9.53 Å². The number of hydrogen-bond acceptors (Lipinski definition) is 5. The van der Waals surface area contributed by atoms with Crippen molar-refractivity contribution in [1.82, 2.24) is 9.97 Å². The minimum Gasteiger partial charge on any atom is -0.479 e. The Labute approximate surface area is 98.3 Å². The Hall–Kier alpha value is -2.43. The third-order valence-electron chi connectivity index (χ3n) is 2.28. The van der Waals surface area contributed by atoms with Crippen LogP contribution in [0, 0.1) is 0 Å². The molecule has 0 radical (unpaired) electrons. The minimum absolute atomic E-state index is 0.160. The van der Waals surface area contributed by atoms with Gasteiger partial charge in [0.05, 0.1) is 7.11 Å². The average molecular weight is 229 g/mol. The molecule has 0 atom stereocenters. The predicted octanol–water partition coefficient (Wildman–Crippen LogP) is 1.30. The van der Waals surface area contributed by atoms with Crippen molar-refractivity contribution in [2.24, 2.45) is 0 Å². The summed E-state index contributed by atoms with van der Waals surface area (Å²) in [5.74, 6) is -0.103. The molecule has 2 rings (SSSR count). The standard InChI is InChI=1S/C12H11N3O2/c1-17-12-10(14-6-7-15-12)11(16)8-4-2-3-5-9(8)13/h2-7H,13H2,1H3. The van der Waals surface area contributed by atoms with Gasteiger partial charge in [-0.05, 0) is 12.1 Å². The number of ketones is 1. The van der Waals surface area contributed by atoms with E-state index in [2.05, 4.69) is 9.97 Å². The molecule has 86 valence electrons. The molecule has 5 nitrogen and oxygen atoms in total. The van der Waals surface area contributed by atoms with E-state index in [0.717, 1.165) is 0 Å². The van der Waals surface area contributed by atoms with Crippen LogP contribution in [0.2, 0.25) is 0 Å². The first-order chi connectivity index (χ1) is 8.24. The van der Waals surface area contributed by atoms with E-state index in [1.807, 2.05) is 0 Å². The Kier molecular flexibility index (Phi) is 3.00. The van der Waals surface area contributed by atoms with Crippen molar-refractivity contribution in [3.8, 4) is 5.88 Å². The molecule has 1 aromatic heterocycles. The lowest BCUT2D eigenvalue weighted by Gasteiger charge is -2.06. The molecule has 0 saturated heterocycles. The SMILES string of the molecule is COc1nccnc1C(=O)c1ccccc1N. The van der Waals surface area contributed by atoms with Gasteiger partial charge in [-0.2, -0.15) is 0 Å². The van der Waals surface area contributed by atoms with Gasteiger partial charge in [0, 0.05) is 23.6 Å². The number of nitrogens with zero attached hydrogens (tertiary/aromatic N) is 2. The lowest BCUT2D eigenvalue weighted by atomic mass is 10.1. The quantitative estimate of drug-likeness (QED) is 0.634. The molecular weight excluding hydrogens is 218 g/mol. The highest BCUT2D eigenvalue weighted by Crippen LogP contribution is 2.19. The molecule has 2 N–H and O–H groups in total. The number of para-hydroxylation sites is 1. The third kappa shape index (κ3) is 2.08. The molecule has 0 spiro atoms. The number of methoxy groups -OCH3 is 1. The first-order valence-corrected chi connectivity index (χ1v) is 4.98. The second kappa shape index (κ2) is 4.61. The van der Waals surface area contributed by atoms with Gasteiger partial charge in [-0.3, -0.25) is 4.79 Å². The molecular formula is C12H11N3O2. The number of nitrogen functional groups attached to an aromatic ring is 1. The van der Waals surface area contributed by atoms with Crippen molar-refractivity contribution in [2.75, 3.05) is 12.8 Å². The van der Waals surface area contributed by atoms with Crippen LogP contribution in [0.4, 0.5) is 5.69 Å². The number of hydrogen-bond donors (Lipinski definition) is 1. The van der Waals surface area contributed by atoms with Crippen LogP contribution in [0.1, 0.15) is 16.1 Å². The second-order valence-corrected chi connectivity index (χ2v) is 3.33. The van der Waals surface area contributed by atoms with Gasteiger partial charge in [0.2, 0.25) is 11.7 Å². The molecule has 1 heterocycles. The topological polar surface area (TPSA) is 78.1 Å². The highest BCUT2D eigenvalue weighted by Gasteiger charge is 2.18. The van der Waals surface area contributed by atoms with E-state index >= 15 is 0 Å². The fraction of sp³-hybridized carbons (Fsp3) is 0.0833. The van der Waals surface area contributed by atoms with Gasteiger partial charge >= 0.3 is 0 Å². The summed E-state index contributed by atoms with van der Waals surface area (Å²) < 4.78 is 4.99. The Balaban J connectivity index is 2.48. The Morgan fingerprint density at radius 3 is 2.65 bits per heavy atom. The summed E-state index contributed by atoms with van der Waals surface area (Å²) in [4.78, 5) is 20.1. The van der Waals surface area contributed by atoms with Gasteiger partial charge in [-0.25, -0.2) is 9.97 Å². The number of rotatable bonds is 3. The van der Waals surface area contributed by atoms with Gasteiger partial charge < -0.3 is 10.5 Å². The maximum Gasteiger partial charge on any atom is 0.243 e. The van der Waals surface area contributed by atoms with Gasteiger partial charge in [-0.1, -0.05) is 12.1 Å². The van der Waals surface area contributed by atoms with Gasteiger partial charge in [0.1, 0.15) is 0 Å². The number of aromatic nitrogens is 2. The summed E-state index contributed by atoms with van der Waals surface area (Å²) >= 11 is 0. The van der Waals surface area contributed by atoms with Crippen LogP contribution in [0.25, 0.3) is 0 Å². The fourth-order valence-electron chi connectivity index (χ4n) is 1.46. The Bertz CT molecular complexity index is 555. The first kappa shape index (κ1) is 11.1. The Morgan fingerprint density at radius 2 is 1.94 bits per heavy atom. The van der Waals surface area contributed by atoms with Crippen molar-refractivity contribution in [3.63, 3.8) is 0 Å². The van der Waals surface area contributed by atoms with Crippen LogP contribution < -0.4 is 10.5 Å². The van der Waals surface area contributed by atoms with E-state index in [0.29, 0.717) is 11.3 Å². The van der Waals surface area contributed by atoms with E-state index in [1.54, 1.807) is 24.3 Å². The molecule has 0 aliphatic rings. The lowest BCUT2D eigenvalue weighted by Crippen LogP contribution is -2.09. The smallest absolute Gasteiger partial charge is 0.243 e. The summed E-state index contributed by atoms with van der Waals surface area (Å²) in [7, 11) is 1.44. The molecule has 17 heavy (non-hydrogen) atoms. The summed E-state index contributed by atoms with van der Waals surface area (Å²) in [5.41, 5.74) is 6.70. The summed E-state index contributed by atoms with van der Waals surface area (Å²) in [6.07, 6.45) is 2.90. The predicted molar refractivity (Wildman–Crippen MR) is 62.9 cm³/mol. The van der Waals surface area contributed by atoms with Crippen LogP contribution in [0.3, 0.4) is 0 Å². The maximum atomic E-state index is 12.2. The lowest BCUT2D eigenvalue weighted by molar-refractivity contribution is 0.103. The van der Waals surface area contributed by atoms with Crippen molar-refractivity contribution >= 4 is 11.5 Å². The number of carbonyl (C=O) groups is 1. The second-order valence-electron chi connectivity index (χ2n) is 3.33. The van der Waals surface area contributed by atoms with E-state index < -0.39 is 0 Å². The zero-order valence-corrected chi connectivity index (χ0v) is 9.25. The van der Waals surface area contributed by atoms with Crippen molar-refractivity contribution in [2.45, 2.75) is 0 Å². The van der Waals surface area contributed by atoms with Gasteiger partial charge in [-0.15, -0.1) is 0 Å². The summed E-state index contributed by atoms with van der Waals surface area (Å²) in [5, 5.41) is 0. The van der Waals surface area contributed by atoms with E-state index in [4.69, 9.17) is 10.5 Å². The monoisotopic (exact) mass is 229 g/mol. The molecule has 5 heteroatoms. The molecule has 0 aliphatic carbocycles. The highest BCUT2D eigenvalue weighted by atomic mass is 16.5. The largest absolute Gasteiger partial charge is 0.479 e. The van der Waals surface area contributed by atoms with Crippen LogP contribution in [0.15, 0.2) is 36.7 Å². The van der Waals surface area contributed by atoms with Crippen LogP contribution in [-0.2, 0) is 0 Å². The molecule has 0 fully saturated rings. The zero-order chi connectivity index (χ0) is 12.3. The van der Waals surface area contributed by atoms with Gasteiger partial charge in [0.15, 0.2) is 5.69 Å². The third-order valence-corrected chi connectivity index (χ3v) is 2.28. The highest BCUT2D eigenvalue weighted by molar-refractivity contribution is 6.12. The zero-order valence-electron chi connectivity index (χ0n) is 9.25. The van der Waals surface area contributed by atoms with E-state index in [-0.39, 0.29) is 17.4 Å². The normalized spacial score (nSPS) is 9.94. The van der Waals surface area contributed by atoms with Crippen LogP contribution in [0.5, 0.6) is 5.88 Å². The van der Waals surface area contributed by atoms with Crippen LogP contribution >= 0.6 is 0 Å². The average Bonchev–Trinajstić information content (AvgIpc) is 2.38. The number of anilines is 1. The van der Waals surface area contributed by atoms with E-state index in [1.165, 1.54) is 19.5 Å². The van der Waals surface area contributed by atoms with Crippen molar-refractivity contribution in [1.29, 1.82) is 0 Å². The maximum absolute atomic E-state index is 12.2. The molecule has 2 aromatic rings. The molecule has 0 amide bonds.